The van der Waals surface area contributed by atoms with Gasteiger partial charge in [0.1, 0.15) is 5.82 Å². The van der Waals surface area contributed by atoms with Crippen LogP contribution in [0, 0.1) is 0 Å². The van der Waals surface area contributed by atoms with E-state index in [1.165, 1.54) is 76.7 Å². The molecule has 0 spiro atoms. The van der Waals surface area contributed by atoms with E-state index < -0.39 is 0 Å². The third-order valence-corrected chi connectivity index (χ3v) is 11.9. The molecule has 270 valence electrons. The molecule has 3 heteroatoms. The number of hydrogen-bond donors (Lipinski definition) is 0. The highest BCUT2D eigenvalue weighted by Gasteiger charge is 2.18. The van der Waals surface area contributed by atoms with E-state index in [2.05, 4.69) is 221 Å². The second-order valence-electron chi connectivity index (χ2n) is 15.2. The third-order valence-electron chi connectivity index (χ3n) is 11.9. The molecule has 12 rings (SSSR count). The van der Waals surface area contributed by atoms with E-state index in [0.717, 1.165) is 33.4 Å². The van der Waals surface area contributed by atoms with Gasteiger partial charge in [-0.3, -0.25) is 4.57 Å². The van der Waals surface area contributed by atoms with Crippen molar-refractivity contribution in [1.29, 1.82) is 0 Å². The molecule has 3 heterocycles. The quantitative estimate of drug-likeness (QED) is 0.172. The van der Waals surface area contributed by atoms with Gasteiger partial charge in [0.25, 0.3) is 0 Å². The van der Waals surface area contributed by atoms with Crippen LogP contribution >= 0.6 is 0 Å². The third kappa shape index (κ3) is 5.04. The first kappa shape index (κ1) is 32.5. The van der Waals surface area contributed by atoms with Gasteiger partial charge in [0.05, 0.1) is 27.6 Å². The van der Waals surface area contributed by atoms with E-state index >= 15 is 0 Å². The molecule has 0 amide bonds. The predicted octanol–water partition coefficient (Wildman–Crippen LogP) is 14.6. The fourth-order valence-corrected chi connectivity index (χ4v) is 9.25. The summed E-state index contributed by atoms with van der Waals surface area (Å²) in [6, 6.07) is 76.9. The van der Waals surface area contributed by atoms with Gasteiger partial charge < -0.3 is 4.57 Å². The first-order valence-electron chi connectivity index (χ1n) is 19.9. The number of nitrogens with zero attached hydrogens (tertiary/aromatic N) is 3. The standard InChI is InChI=1S/C55H35N3/c1-2-14-37(15-3-1)47-35-55(56-50-25-9-6-21-44(47)50)58-52-27-11-8-23-46(52)49-34-39(29-31-54(49)58)38-28-30-53-48(33-38)45-22-7-10-26-51(45)57(53)41-19-12-18-40(32-41)43-24-13-17-36-16-4-5-20-42(36)43/h1-35H. The number of aromatic nitrogens is 3. The Morgan fingerprint density at radius 3 is 1.60 bits per heavy atom. The molecule has 9 aromatic carbocycles. The molecule has 3 aromatic heterocycles. The van der Waals surface area contributed by atoms with Gasteiger partial charge in [-0.1, -0.05) is 152 Å². The van der Waals surface area contributed by atoms with Crippen molar-refractivity contribution in [3.05, 3.63) is 212 Å². The number of hydrogen-bond acceptors (Lipinski definition) is 1. The lowest BCUT2D eigenvalue weighted by Crippen LogP contribution is -1.99. The Bertz CT molecular complexity index is 3570. The highest BCUT2D eigenvalue weighted by atomic mass is 15.1. The fourth-order valence-electron chi connectivity index (χ4n) is 9.25. The normalized spacial score (nSPS) is 11.8. The van der Waals surface area contributed by atoms with Gasteiger partial charge in [-0.05, 0) is 105 Å². The van der Waals surface area contributed by atoms with Crippen LogP contribution in [0.2, 0.25) is 0 Å². The second-order valence-corrected chi connectivity index (χ2v) is 15.2. The van der Waals surface area contributed by atoms with Gasteiger partial charge in [-0.2, -0.15) is 0 Å². The second kappa shape index (κ2) is 12.9. The van der Waals surface area contributed by atoms with Crippen molar-refractivity contribution >= 4 is 65.3 Å². The number of rotatable bonds is 5. The Hall–Kier alpha value is -7.75. The SMILES string of the molecule is c1ccc(-c2cc(-n3c4ccccc4c4cc(-c5ccc6c(c5)c5ccccc5n6-c5cccc(-c6cccc7ccccc67)c5)ccc43)nc3ccccc23)cc1. The van der Waals surface area contributed by atoms with Gasteiger partial charge in [0, 0.05) is 32.6 Å². The van der Waals surface area contributed by atoms with Crippen LogP contribution < -0.4 is 0 Å². The molecular weight excluding hydrogens is 703 g/mol. The summed E-state index contributed by atoms with van der Waals surface area (Å²) in [5.74, 6) is 0.912. The minimum atomic E-state index is 0.912. The Kier molecular flexibility index (Phi) is 7.23. The average molecular weight is 738 g/mol. The molecular formula is C55H35N3. The Balaban J connectivity index is 1.01. The lowest BCUT2D eigenvalue weighted by molar-refractivity contribution is 1.10. The van der Waals surface area contributed by atoms with Crippen LogP contribution in [0.3, 0.4) is 0 Å². The van der Waals surface area contributed by atoms with E-state index in [1.54, 1.807) is 0 Å². The summed E-state index contributed by atoms with van der Waals surface area (Å²) in [7, 11) is 0. The zero-order chi connectivity index (χ0) is 38.2. The summed E-state index contributed by atoms with van der Waals surface area (Å²) in [4.78, 5) is 5.27. The first-order valence-corrected chi connectivity index (χ1v) is 19.9. The summed E-state index contributed by atoms with van der Waals surface area (Å²) < 4.78 is 4.75. The molecule has 0 aliphatic heterocycles. The zero-order valence-electron chi connectivity index (χ0n) is 31.5. The summed E-state index contributed by atoms with van der Waals surface area (Å²) in [5, 5.41) is 8.55. The van der Waals surface area contributed by atoms with Crippen molar-refractivity contribution < 1.29 is 0 Å². The van der Waals surface area contributed by atoms with Crippen LogP contribution in [0.15, 0.2) is 212 Å². The molecule has 58 heavy (non-hydrogen) atoms. The maximum atomic E-state index is 5.27. The van der Waals surface area contributed by atoms with Crippen molar-refractivity contribution in [3.63, 3.8) is 0 Å². The molecule has 0 fully saturated rings. The monoisotopic (exact) mass is 737 g/mol. The molecule has 0 radical (unpaired) electrons. The Morgan fingerprint density at radius 1 is 0.293 bits per heavy atom. The summed E-state index contributed by atoms with van der Waals surface area (Å²) in [5.41, 5.74) is 14.0. The molecule has 3 nitrogen and oxygen atoms in total. The van der Waals surface area contributed by atoms with E-state index in [9.17, 15) is 0 Å². The van der Waals surface area contributed by atoms with E-state index in [1.807, 2.05) is 0 Å². The van der Waals surface area contributed by atoms with Crippen molar-refractivity contribution in [2.75, 3.05) is 0 Å². The lowest BCUT2D eigenvalue weighted by atomic mass is 9.98. The van der Waals surface area contributed by atoms with Crippen LogP contribution in [-0.2, 0) is 0 Å². The highest BCUT2D eigenvalue weighted by Crippen LogP contribution is 2.40. The van der Waals surface area contributed by atoms with Crippen molar-refractivity contribution in [1.82, 2.24) is 14.1 Å². The van der Waals surface area contributed by atoms with Gasteiger partial charge in [-0.25, -0.2) is 4.98 Å². The van der Waals surface area contributed by atoms with Crippen LogP contribution in [0.5, 0.6) is 0 Å². The predicted molar refractivity (Wildman–Crippen MR) is 244 cm³/mol. The molecule has 12 aromatic rings. The Labute approximate surface area is 335 Å². The molecule has 0 aliphatic carbocycles. The zero-order valence-corrected chi connectivity index (χ0v) is 31.5. The van der Waals surface area contributed by atoms with Crippen LogP contribution in [-0.4, -0.2) is 14.1 Å². The average Bonchev–Trinajstić information content (AvgIpc) is 3.81. The number of benzene rings is 9. The first-order chi connectivity index (χ1) is 28.8. The van der Waals surface area contributed by atoms with Crippen molar-refractivity contribution in [3.8, 4) is 44.9 Å². The largest absolute Gasteiger partial charge is 0.309 e. The Morgan fingerprint density at radius 2 is 0.845 bits per heavy atom. The summed E-state index contributed by atoms with van der Waals surface area (Å²) in [6.45, 7) is 0. The maximum absolute atomic E-state index is 5.27. The maximum Gasteiger partial charge on any atom is 0.138 e. The number of fused-ring (bicyclic) bond motifs is 8. The fraction of sp³-hybridized carbons (Fsp3) is 0. The summed E-state index contributed by atoms with van der Waals surface area (Å²) >= 11 is 0. The minimum absolute atomic E-state index is 0.912. The lowest BCUT2D eigenvalue weighted by Gasteiger charge is -2.13. The van der Waals surface area contributed by atoms with Gasteiger partial charge in [0.15, 0.2) is 0 Å². The van der Waals surface area contributed by atoms with E-state index in [4.69, 9.17) is 4.98 Å². The molecule has 0 aliphatic rings. The molecule has 0 N–H and O–H groups in total. The van der Waals surface area contributed by atoms with Crippen LogP contribution in [0.1, 0.15) is 0 Å². The molecule has 0 atom stereocenters. The van der Waals surface area contributed by atoms with Gasteiger partial charge in [-0.15, -0.1) is 0 Å². The molecule has 0 saturated carbocycles. The smallest absolute Gasteiger partial charge is 0.138 e. The minimum Gasteiger partial charge on any atom is -0.309 e. The molecule has 0 unspecified atom stereocenters. The van der Waals surface area contributed by atoms with Gasteiger partial charge >= 0.3 is 0 Å². The molecule has 0 saturated heterocycles. The van der Waals surface area contributed by atoms with E-state index in [-0.39, 0.29) is 0 Å². The van der Waals surface area contributed by atoms with Crippen LogP contribution in [0.25, 0.3) is 110 Å². The molecule has 0 bridgehead atoms. The number of para-hydroxylation sites is 3. The van der Waals surface area contributed by atoms with E-state index in [0.29, 0.717) is 0 Å². The van der Waals surface area contributed by atoms with Crippen molar-refractivity contribution in [2.24, 2.45) is 0 Å². The van der Waals surface area contributed by atoms with Crippen molar-refractivity contribution in [2.45, 2.75) is 0 Å². The van der Waals surface area contributed by atoms with Gasteiger partial charge in [0.2, 0.25) is 0 Å². The topological polar surface area (TPSA) is 22.8 Å². The summed E-state index contributed by atoms with van der Waals surface area (Å²) in [6.07, 6.45) is 0. The van der Waals surface area contributed by atoms with Crippen LogP contribution in [0.4, 0.5) is 0 Å². The highest BCUT2D eigenvalue weighted by molar-refractivity contribution is 6.13. The number of pyridine rings is 1.